The number of rotatable bonds is 5. The van der Waals surface area contributed by atoms with Crippen LogP contribution in [0.5, 0.6) is 0 Å². The van der Waals surface area contributed by atoms with Crippen LogP contribution in [0.25, 0.3) is 0 Å². The quantitative estimate of drug-likeness (QED) is 0.807. The molecule has 1 aliphatic rings. The Morgan fingerprint density at radius 3 is 2.78 bits per heavy atom. The average Bonchev–Trinajstić information content (AvgIpc) is 3.18. The number of thiophene rings is 1. The molecule has 0 amide bonds. The van der Waals surface area contributed by atoms with Gasteiger partial charge in [0.2, 0.25) is 0 Å². The number of aliphatic hydroxyl groups is 2. The van der Waals surface area contributed by atoms with E-state index in [2.05, 4.69) is 4.98 Å². The molecule has 1 atom stereocenters. The summed E-state index contributed by atoms with van der Waals surface area (Å²) in [5.41, 5.74) is 2.25. The van der Waals surface area contributed by atoms with Gasteiger partial charge in [-0.1, -0.05) is 11.6 Å². The molecule has 124 valence electrons. The van der Waals surface area contributed by atoms with Gasteiger partial charge in [-0.3, -0.25) is 0 Å². The maximum absolute atomic E-state index is 10.8. The molecule has 1 aliphatic heterocycles. The standard InChI is InChI=1S/C16H18ClNO4S/c1-9-11(6-13(23-9)16-21-4-5-22-16)15(20)12-7-14(17)18-8-10(12)2-3-19/h6-8,15-16,19-20H,2-5H2,1H3. The number of hydrogen-bond donors (Lipinski definition) is 2. The molecule has 2 aromatic heterocycles. The van der Waals surface area contributed by atoms with Crippen LogP contribution in [0.1, 0.15) is 38.8 Å². The number of ether oxygens (including phenoxy) is 2. The number of pyridine rings is 1. The van der Waals surface area contributed by atoms with Crippen LogP contribution in [0, 0.1) is 6.92 Å². The summed E-state index contributed by atoms with van der Waals surface area (Å²) in [6.07, 6.45) is 0.839. The van der Waals surface area contributed by atoms with E-state index in [0.29, 0.717) is 30.4 Å². The third-order valence-corrected chi connectivity index (χ3v) is 5.08. The highest BCUT2D eigenvalue weighted by atomic mass is 35.5. The normalized spacial score (nSPS) is 16.9. The van der Waals surface area contributed by atoms with Crippen molar-refractivity contribution >= 4 is 22.9 Å². The minimum absolute atomic E-state index is 0.0132. The Morgan fingerprint density at radius 1 is 1.35 bits per heavy atom. The Morgan fingerprint density at radius 2 is 2.09 bits per heavy atom. The molecule has 23 heavy (non-hydrogen) atoms. The van der Waals surface area contributed by atoms with E-state index in [9.17, 15) is 10.2 Å². The van der Waals surface area contributed by atoms with Crippen molar-refractivity contribution in [2.75, 3.05) is 19.8 Å². The zero-order valence-corrected chi connectivity index (χ0v) is 14.2. The van der Waals surface area contributed by atoms with Crippen LogP contribution in [0.15, 0.2) is 18.3 Å². The van der Waals surface area contributed by atoms with E-state index >= 15 is 0 Å². The fraction of sp³-hybridized carbons (Fsp3) is 0.438. The van der Waals surface area contributed by atoms with Crippen molar-refractivity contribution < 1.29 is 19.7 Å². The first-order valence-corrected chi connectivity index (χ1v) is 8.56. The second-order valence-corrected chi connectivity index (χ2v) is 6.99. The minimum Gasteiger partial charge on any atom is -0.396 e. The topological polar surface area (TPSA) is 71.8 Å². The van der Waals surface area contributed by atoms with Crippen LogP contribution in [0.2, 0.25) is 5.15 Å². The van der Waals surface area contributed by atoms with Crippen molar-refractivity contribution in [2.24, 2.45) is 0 Å². The van der Waals surface area contributed by atoms with Crippen molar-refractivity contribution in [1.29, 1.82) is 0 Å². The molecule has 0 bridgehead atoms. The highest BCUT2D eigenvalue weighted by Gasteiger charge is 2.25. The SMILES string of the molecule is Cc1sc(C2OCCO2)cc1C(O)c1cc(Cl)ncc1CCO. The van der Waals surface area contributed by atoms with Crippen molar-refractivity contribution in [3.8, 4) is 0 Å². The molecular formula is C16H18ClNO4S. The monoisotopic (exact) mass is 355 g/mol. The van der Waals surface area contributed by atoms with Crippen LogP contribution in [0.4, 0.5) is 0 Å². The van der Waals surface area contributed by atoms with Crippen LogP contribution in [-0.4, -0.2) is 35.0 Å². The van der Waals surface area contributed by atoms with Gasteiger partial charge in [0.05, 0.1) is 18.1 Å². The smallest absolute Gasteiger partial charge is 0.193 e. The Balaban J connectivity index is 1.93. The molecular weight excluding hydrogens is 338 g/mol. The largest absolute Gasteiger partial charge is 0.396 e. The first-order chi connectivity index (χ1) is 11.1. The van der Waals surface area contributed by atoms with Gasteiger partial charge in [0.15, 0.2) is 6.29 Å². The fourth-order valence-electron chi connectivity index (χ4n) is 2.65. The van der Waals surface area contributed by atoms with Crippen LogP contribution < -0.4 is 0 Å². The predicted octanol–water partition coefficient (Wildman–Crippen LogP) is 2.77. The number of nitrogens with zero attached hydrogens (tertiary/aromatic N) is 1. The van der Waals surface area contributed by atoms with Gasteiger partial charge >= 0.3 is 0 Å². The van der Waals surface area contributed by atoms with Crippen molar-refractivity contribution in [2.45, 2.75) is 25.7 Å². The summed E-state index contributed by atoms with van der Waals surface area (Å²) in [7, 11) is 0. The Bertz CT molecular complexity index is 685. The number of aliphatic hydroxyl groups excluding tert-OH is 2. The first-order valence-electron chi connectivity index (χ1n) is 7.37. The van der Waals surface area contributed by atoms with E-state index < -0.39 is 6.10 Å². The molecule has 0 radical (unpaired) electrons. The van der Waals surface area contributed by atoms with Crippen molar-refractivity contribution in [3.05, 3.63) is 49.9 Å². The number of hydrogen-bond acceptors (Lipinski definition) is 6. The van der Waals surface area contributed by atoms with Crippen LogP contribution in [0.3, 0.4) is 0 Å². The van der Waals surface area contributed by atoms with Gasteiger partial charge in [-0.15, -0.1) is 11.3 Å². The van der Waals surface area contributed by atoms with Gasteiger partial charge in [-0.2, -0.15) is 0 Å². The zero-order valence-electron chi connectivity index (χ0n) is 12.7. The summed E-state index contributed by atoms with van der Waals surface area (Å²) in [4.78, 5) is 5.97. The molecule has 2 N–H and O–H groups in total. The van der Waals surface area contributed by atoms with Gasteiger partial charge in [0, 0.05) is 17.7 Å². The minimum atomic E-state index is -0.830. The summed E-state index contributed by atoms with van der Waals surface area (Å²) >= 11 is 7.53. The third-order valence-electron chi connectivity index (χ3n) is 3.79. The summed E-state index contributed by atoms with van der Waals surface area (Å²) < 4.78 is 11.0. The van der Waals surface area contributed by atoms with E-state index in [4.69, 9.17) is 21.1 Å². The van der Waals surface area contributed by atoms with Crippen LogP contribution in [-0.2, 0) is 15.9 Å². The Hall–Kier alpha value is -1.02. The molecule has 7 heteroatoms. The van der Waals surface area contributed by atoms with E-state index in [0.717, 1.165) is 20.9 Å². The Kier molecular flexibility index (Phi) is 5.31. The first kappa shape index (κ1) is 16.8. The van der Waals surface area contributed by atoms with Crippen LogP contribution >= 0.6 is 22.9 Å². The summed E-state index contributed by atoms with van der Waals surface area (Å²) in [5.74, 6) is 0. The highest BCUT2D eigenvalue weighted by molar-refractivity contribution is 7.12. The summed E-state index contributed by atoms with van der Waals surface area (Å²) in [6.45, 7) is 3.11. The fourth-order valence-corrected chi connectivity index (χ4v) is 3.88. The molecule has 2 aromatic rings. The number of aryl methyl sites for hydroxylation is 1. The molecule has 5 nitrogen and oxygen atoms in total. The maximum atomic E-state index is 10.8. The summed E-state index contributed by atoms with van der Waals surface area (Å²) in [5, 5.41) is 20.3. The molecule has 1 saturated heterocycles. The van der Waals surface area contributed by atoms with E-state index in [-0.39, 0.29) is 12.9 Å². The molecule has 0 aromatic carbocycles. The van der Waals surface area contributed by atoms with Gasteiger partial charge in [0.1, 0.15) is 11.3 Å². The van der Waals surface area contributed by atoms with Crippen molar-refractivity contribution in [1.82, 2.24) is 4.98 Å². The highest BCUT2D eigenvalue weighted by Crippen LogP contribution is 2.37. The van der Waals surface area contributed by atoms with Gasteiger partial charge in [-0.25, -0.2) is 4.98 Å². The second kappa shape index (κ2) is 7.25. The average molecular weight is 356 g/mol. The van der Waals surface area contributed by atoms with E-state index in [1.165, 1.54) is 0 Å². The Labute approximate surface area is 143 Å². The lowest BCUT2D eigenvalue weighted by Gasteiger charge is -2.15. The second-order valence-electron chi connectivity index (χ2n) is 5.32. The zero-order chi connectivity index (χ0) is 16.4. The molecule has 0 aliphatic carbocycles. The lowest BCUT2D eigenvalue weighted by molar-refractivity contribution is -0.0414. The molecule has 1 fully saturated rings. The molecule has 3 rings (SSSR count). The van der Waals surface area contributed by atoms with Gasteiger partial charge in [-0.05, 0) is 42.2 Å². The van der Waals surface area contributed by atoms with Gasteiger partial charge < -0.3 is 19.7 Å². The predicted molar refractivity (Wildman–Crippen MR) is 87.8 cm³/mol. The third kappa shape index (κ3) is 3.57. The lowest BCUT2D eigenvalue weighted by atomic mass is 9.97. The lowest BCUT2D eigenvalue weighted by Crippen LogP contribution is -2.06. The van der Waals surface area contributed by atoms with Crippen molar-refractivity contribution in [3.63, 3.8) is 0 Å². The maximum Gasteiger partial charge on any atom is 0.193 e. The van der Waals surface area contributed by atoms with Gasteiger partial charge in [0.25, 0.3) is 0 Å². The molecule has 0 spiro atoms. The molecule has 1 unspecified atom stereocenters. The van der Waals surface area contributed by atoms with E-state index in [1.54, 1.807) is 23.6 Å². The molecule has 3 heterocycles. The number of halogens is 1. The molecule has 0 saturated carbocycles. The number of aromatic nitrogens is 1. The summed E-state index contributed by atoms with van der Waals surface area (Å²) in [6, 6.07) is 3.56. The van der Waals surface area contributed by atoms with E-state index in [1.807, 2.05) is 13.0 Å².